The maximum absolute atomic E-state index is 14.3. The first-order valence-corrected chi connectivity index (χ1v) is 11.7. The molecule has 2 aromatic carbocycles. The molecule has 0 saturated carbocycles. The lowest BCUT2D eigenvalue weighted by molar-refractivity contribution is -0.133. The maximum Gasteiger partial charge on any atom is 0.258 e. The number of rotatable bonds is 4. The van der Waals surface area contributed by atoms with Crippen molar-refractivity contribution in [2.75, 3.05) is 11.9 Å². The van der Waals surface area contributed by atoms with Crippen molar-refractivity contribution in [1.29, 1.82) is 0 Å². The van der Waals surface area contributed by atoms with Gasteiger partial charge in [-0.2, -0.15) is 0 Å². The number of nitrogens with one attached hydrogen (secondary N) is 1. The fourth-order valence-corrected chi connectivity index (χ4v) is 5.07. The van der Waals surface area contributed by atoms with E-state index in [1.165, 1.54) is 18.2 Å². The van der Waals surface area contributed by atoms with Crippen LogP contribution in [0.4, 0.5) is 10.1 Å². The van der Waals surface area contributed by atoms with Gasteiger partial charge in [-0.15, -0.1) is 12.4 Å². The summed E-state index contributed by atoms with van der Waals surface area (Å²) in [5.41, 5.74) is 5.82. The maximum atomic E-state index is 14.3. The average Bonchev–Trinajstić information content (AvgIpc) is 2.76. The topological polar surface area (TPSA) is 97.0 Å². The van der Waals surface area contributed by atoms with E-state index < -0.39 is 17.3 Å². The molecule has 2 aromatic rings. The number of anilines is 1. The summed E-state index contributed by atoms with van der Waals surface area (Å²) in [7, 11) is 0. The van der Waals surface area contributed by atoms with E-state index in [0.29, 0.717) is 25.0 Å². The molecule has 4 rings (SSSR count). The molecular weight excluding hydrogens is 518 g/mol. The molecular formula is C24H26Cl3FN4O3. The molecule has 3 N–H and O–H groups in total. The summed E-state index contributed by atoms with van der Waals surface area (Å²) < 4.78 is 19.9. The van der Waals surface area contributed by atoms with E-state index in [2.05, 4.69) is 10.3 Å². The van der Waals surface area contributed by atoms with Crippen LogP contribution in [0, 0.1) is 5.82 Å². The minimum Gasteiger partial charge on any atom is -0.378 e. The molecule has 2 heterocycles. The Labute approximate surface area is 219 Å². The molecule has 2 aliphatic rings. The number of guanidine groups is 1. The van der Waals surface area contributed by atoms with Crippen molar-refractivity contribution in [2.24, 2.45) is 10.7 Å². The van der Waals surface area contributed by atoms with Crippen LogP contribution < -0.4 is 11.1 Å². The van der Waals surface area contributed by atoms with Gasteiger partial charge < -0.3 is 15.8 Å². The molecule has 0 radical (unpaired) electrons. The number of carbonyl (C=O) groups is 2. The van der Waals surface area contributed by atoms with E-state index in [9.17, 15) is 14.0 Å². The van der Waals surface area contributed by atoms with Crippen LogP contribution in [0.1, 0.15) is 49.0 Å². The minimum atomic E-state index is -1.03. The highest BCUT2D eigenvalue weighted by Crippen LogP contribution is 2.41. The normalized spacial score (nSPS) is 24.4. The molecule has 11 heteroatoms. The molecule has 3 atom stereocenters. The molecule has 188 valence electrons. The van der Waals surface area contributed by atoms with Crippen LogP contribution >= 0.6 is 35.6 Å². The highest BCUT2D eigenvalue weighted by molar-refractivity contribution is 6.35. The van der Waals surface area contributed by atoms with Gasteiger partial charge in [-0.25, -0.2) is 9.38 Å². The number of carbonyl (C=O) groups excluding carboxylic acids is 2. The first-order valence-electron chi connectivity index (χ1n) is 10.9. The van der Waals surface area contributed by atoms with Crippen molar-refractivity contribution in [3.8, 4) is 0 Å². The molecule has 1 saturated heterocycles. The van der Waals surface area contributed by atoms with E-state index >= 15 is 0 Å². The zero-order valence-corrected chi connectivity index (χ0v) is 21.5. The highest BCUT2D eigenvalue weighted by Gasteiger charge is 2.42. The molecule has 0 bridgehead atoms. The van der Waals surface area contributed by atoms with Crippen molar-refractivity contribution in [3.05, 3.63) is 63.4 Å². The van der Waals surface area contributed by atoms with Gasteiger partial charge >= 0.3 is 0 Å². The van der Waals surface area contributed by atoms with E-state index in [1.54, 1.807) is 30.0 Å². The third-order valence-electron chi connectivity index (χ3n) is 6.22. The summed E-state index contributed by atoms with van der Waals surface area (Å²) in [6.45, 7) is 4.29. The molecule has 2 aliphatic heterocycles. The average molecular weight is 544 g/mol. The second-order valence-electron chi connectivity index (χ2n) is 8.77. The van der Waals surface area contributed by atoms with Crippen molar-refractivity contribution in [1.82, 2.24) is 4.90 Å². The Morgan fingerprint density at radius 1 is 1.29 bits per heavy atom. The molecule has 0 aromatic heterocycles. The number of nitrogens with two attached hydrogens (primary N) is 1. The number of hydrogen-bond donors (Lipinski definition) is 2. The van der Waals surface area contributed by atoms with Crippen LogP contribution in [0.15, 0.2) is 41.4 Å². The van der Waals surface area contributed by atoms with Gasteiger partial charge in [0.2, 0.25) is 5.91 Å². The summed E-state index contributed by atoms with van der Waals surface area (Å²) in [5, 5.41) is 2.66. The van der Waals surface area contributed by atoms with Gasteiger partial charge in [0, 0.05) is 18.2 Å². The summed E-state index contributed by atoms with van der Waals surface area (Å²) in [6.07, 6.45) is 1.46. The minimum absolute atomic E-state index is 0. The van der Waals surface area contributed by atoms with E-state index in [0.717, 1.165) is 0 Å². The van der Waals surface area contributed by atoms with E-state index in [-0.39, 0.29) is 64.1 Å². The van der Waals surface area contributed by atoms with Gasteiger partial charge in [0.25, 0.3) is 5.91 Å². The van der Waals surface area contributed by atoms with Gasteiger partial charge in [-0.1, -0.05) is 41.4 Å². The van der Waals surface area contributed by atoms with Gasteiger partial charge in [0.05, 0.1) is 39.4 Å². The monoisotopic (exact) mass is 542 g/mol. The molecule has 2 amide bonds. The SMILES string of the molecule is C[C@@H]1C[C@H](N2C(=O)C[C@@](C)(c3cccc(NC(=O)c4cccc(Cl)c4F)c3Cl)N=C2N)CCO1.Cl. The number of aliphatic imine (C=N–C) groups is 1. The Balaban J connectivity index is 0.00000342. The number of hydrogen-bond acceptors (Lipinski definition) is 5. The Kier molecular flexibility index (Phi) is 8.32. The Morgan fingerprint density at radius 3 is 2.69 bits per heavy atom. The number of amides is 2. The lowest BCUT2D eigenvalue weighted by Crippen LogP contribution is -2.56. The molecule has 1 fully saturated rings. The van der Waals surface area contributed by atoms with Crippen LogP contribution in [-0.2, 0) is 15.1 Å². The highest BCUT2D eigenvalue weighted by atomic mass is 35.5. The molecule has 0 spiro atoms. The quantitative estimate of drug-likeness (QED) is 0.558. The van der Waals surface area contributed by atoms with E-state index in [1.807, 2.05) is 6.92 Å². The standard InChI is InChI=1S/C24H25Cl2FN4O3.ClH/c1-13-11-14(9-10-34-13)31-19(32)12-24(2,30-23(31)28)16-6-4-8-18(20(16)26)29-22(33)15-5-3-7-17(25)21(15)27;/h3-8,13-14H,9-12H2,1-2H3,(H2,28,30)(H,29,33);1H/t13-,14-,24+;/m1./s1. The van der Waals surface area contributed by atoms with Crippen molar-refractivity contribution in [3.63, 3.8) is 0 Å². The van der Waals surface area contributed by atoms with Gasteiger partial charge in [-0.3, -0.25) is 14.5 Å². The van der Waals surface area contributed by atoms with Crippen LogP contribution in [0.2, 0.25) is 10.0 Å². The Hall–Kier alpha value is -2.39. The first kappa shape index (κ1) is 27.2. The number of benzene rings is 2. The number of nitrogens with zero attached hydrogens (tertiary/aromatic N) is 2. The molecule has 35 heavy (non-hydrogen) atoms. The van der Waals surface area contributed by atoms with Crippen LogP contribution in [-0.4, -0.2) is 41.4 Å². The summed E-state index contributed by atoms with van der Waals surface area (Å²) >= 11 is 12.4. The third-order valence-corrected chi connectivity index (χ3v) is 6.92. The zero-order valence-electron chi connectivity index (χ0n) is 19.2. The molecule has 0 aliphatic carbocycles. The molecule has 0 unspecified atom stereocenters. The van der Waals surface area contributed by atoms with Gasteiger partial charge in [-0.05, 0) is 44.9 Å². The largest absolute Gasteiger partial charge is 0.378 e. The summed E-state index contributed by atoms with van der Waals surface area (Å²) in [4.78, 5) is 32.1. The van der Waals surface area contributed by atoms with Crippen molar-refractivity contribution >= 4 is 59.1 Å². The second kappa shape index (κ2) is 10.7. The second-order valence-corrected chi connectivity index (χ2v) is 9.55. The number of halogens is 4. The van der Waals surface area contributed by atoms with Crippen LogP contribution in [0.5, 0.6) is 0 Å². The van der Waals surface area contributed by atoms with Crippen LogP contribution in [0.25, 0.3) is 0 Å². The third kappa shape index (κ3) is 5.40. The first-order chi connectivity index (χ1) is 16.1. The number of ether oxygens (including phenoxy) is 1. The molecule has 7 nitrogen and oxygen atoms in total. The van der Waals surface area contributed by atoms with Crippen molar-refractivity contribution in [2.45, 2.75) is 50.8 Å². The summed E-state index contributed by atoms with van der Waals surface area (Å²) in [6, 6.07) is 9.09. The predicted octanol–water partition coefficient (Wildman–Crippen LogP) is 5.14. The van der Waals surface area contributed by atoms with E-state index in [4.69, 9.17) is 33.7 Å². The van der Waals surface area contributed by atoms with Gasteiger partial charge in [0.1, 0.15) is 0 Å². The fraction of sp³-hybridized carbons (Fsp3) is 0.375. The lowest BCUT2D eigenvalue weighted by atomic mass is 9.86. The Bertz CT molecular complexity index is 1180. The van der Waals surface area contributed by atoms with Crippen molar-refractivity contribution < 1.29 is 18.7 Å². The fourth-order valence-electron chi connectivity index (χ4n) is 4.52. The lowest BCUT2D eigenvalue weighted by Gasteiger charge is -2.41. The van der Waals surface area contributed by atoms with Gasteiger partial charge in [0.15, 0.2) is 11.8 Å². The Morgan fingerprint density at radius 2 is 2.00 bits per heavy atom. The predicted molar refractivity (Wildman–Crippen MR) is 137 cm³/mol. The zero-order chi connectivity index (χ0) is 24.6. The van der Waals surface area contributed by atoms with Crippen LogP contribution in [0.3, 0.4) is 0 Å². The smallest absolute Gasteiger partial charge is 0.258 e. The summed E-state index contributed by atoms with van der Waals surface area (Å²) in [5.74, 6) is -1.55.